The fourth-order valence-corrected chi connectivity index (χ4v) is 3.34. The van der Waals surface area contributed by atoms with Crippen LogP contribution in [-0.2, 0) is 22.6 Å². The van der Waals surface area contributed by atoms with E-state index in [1.807, 2.05) is 0 Å². The second kappa shape index (κ2) is 8.61. The van der Waals surface area contributed by atoms with Crippen LogP contribution in [0.5, 0.6) is 0 Å². The van der Waals surface area contributed by atoms with Crippen molar-refractivity contribution < 1.29 is 19.4 Å². The minimum atomic E-state index is -1.03. The van der Waals surface area contributed by atoms with Crippen LogP contribution in [0.4, 0.5) is 5.69 Å². The Morgan fingerprint density at radius 1 is 1.25 bits per heavy atom. The van der Waals surface area contributed by atoms with Crippen LogP contribution in [0.2, 0.25) is 0 Å². The molecule has 0 saturated carbocycles. The van der Waals surface area contributed by atoms with E-state index in [1.165, 1.54) is 22.9 Å². The van der Waals surface area contributed by atoms with Crippen molar-refractivity contribution in [2.24, 2.45) is 0 Å². The molecule has 1 amide bonds. The van der Waals surface area contributed by atoms with Gasteiger partial charge in [-0.3, -0.25) is 4.79 Å². The molecule has 1 aromatic carbocycles. The van der Waals surface area contributed by atoms with Gasteiger partial charge >= 0.3 is 5.97 Å². The third kappa shape index (κ3) is 5.47. The van der Waals surface area contributed by atoms with Gasteiger partial charge in [0.25, 0.3) is 0 Å². The normalized spacial score (nSPS) is 10.6. The van der Waals surface area contributed by atoms with Crippen molar-refractivity contribution in [2.75, 3.05) is 12.4 Å². The number of carbonyl (C=O) groups is 2. The fourth-order valence-electron chi connectivity index (χ4n) is 2.40. The molecular formula is C18H21NO4S. The van der Waals surface area contributed by atoms with Gasteiger partial charge in [-0.1, -0.05) is 0 Å². The standard InChI is InChI=1S/C18H21NO4S/c1-12-6-7-16(24-12)4-3-5-17(20)19-15-9-13(11-23-2)8-14(10-15)18(21)22/h6-10H,3-5,11H2,1-2H3,(H,19,20)(H,21,22). The summed E-state index contributed by atoms with van der Waals surface area (Å²) in [5, 5.41) is 11.9. The molecule has 2 rings (SSSR count). The molecule has 0 fully saturated rings. The highest BCUT2D eigenvalue weighted by atomic mass is 32.1. The first-order valence-electron chi connectivity index (χ1n) is 7.69. The number of benzene rings is 1. The number of thiophene rings is 1. The van der Waals surface area contributed by atoms with Gasteiger partial charge in [0.1, 0.15) is 0 Å². The molecule has 0 spiro atoms. The number of anilines is 1. The third-order valence-electron chi connectivity index (χ3n) is 3.46. The van der Waals surface area contributed by atoms with E-state index in [2.05, 4.69) is 24.4 Å². The van der Waals surface area contributed by atoms with Crippen LogP contribution in [0, 0.1) is 6.92 Å². The second-order valence-electron chi connectivity index (χ2n) is 5.57. The molecule has 0 radical (unpaired) electrons. The Bertz CT molecular complexity index is 724. The van der Waals surface area contributed by atoms with Gasteiger partial charge in [-0.2, -0.15) is 0 Å². The Morgan fingerprint density at radius 2 is 2.04 bits per heavy atom. The summed E-state index contributed by atoms with van der Waals surface area (Å²) < 4.78 is 5.03. The molecule has 2 N–H and O–H groups in total. The first-order chi connectivity index (χ1) is 11.5. The maximum Gasteiger partial charge on any atom is 0.335 e. The fraction of sp³-hybridized carbons (Fsp3) is 0.333. The highest BCUT2D eigenvalue weighted by Gasteiger charge is 2.10. The predicted octanol–water partition coefficient (Wildman–Crippen LogP) is 3.86. The van der Waals surface area contributed by atoms with Gasteiger partial charge in [-0.15, -0.1) is 11.3 Å². The summed E-state index contributed by atoms with van der Waals surface area (Å²) in [7, 11) is 1.54. The van der Waals surface area contributed by atoms with E-state index in [0.29, 0.717) is 24.3 Å². The van der Waals surface area contributed by atoms with Crippen LogP contribution in [0.25, 0.3) is 0 Å². The van der Waals surface area contributed by atoms with Crippen LogP contribution >= 0.6 is 11.3 Å². The highest BCUT2D eigenvalue weighted by Crippen LogP contribution is 2.19. The molecule has 0 aliphatic heterocycles. The molecule has 0 saturated heterocycles. The number of hydrogen-bond acceptors (Lipinski definition) is 4. The molecule has 0 unspecified atom stereocenters. The molecule has 0 aliphatic carbocycles. The summed E-state index contributed by atoms with van der Waals surface area (Å²) in [4.78, 5) is 25.8. The van der Waals surface area contributed by atoms with Crippen LogP contribution in [-0.4, -0.2) is 24.1 Å². The number of carboxylic acid groups (broad SMARTS) is 1. The molecular weight excluding hydrogens is 326 g/mol. The number of carboxylic acids is 1. The summed E-state index contributed by atoms with van der Waals surface area (Å²) in [6.45, 7) is 2.36. The van der Waals surface area contributed by atoms with Crippen molar-refractivity contribution in [1.29, 1.82) is 0 Å². The Hall–Kier alpha value is -2.18. The Balaban J connectivity index is 1.93. The average Bonchev–Trinajstić information content (AvgIpc) is 2.92. The molecule has 0 bridgehead atoms. The van der Waals surface area contributed by atoms with E-state index in [-0.39, 0.29) is 11.5 Å². The Kier molecular flexibility index (Phi) is 6.52. The first-order valence-corrected chi connectivity index (χ1v) is 8.51. The first kappa shape index (κ1) is 18.2. The van der Waals surface area contributed by atoms with Gasteiger partial charge in [0.15, 0.2) is 0 Å². The van der Waals surface area contributed by atoms with Crippen LogP contribution in [0.15, 0.2) is 30.3 Å². The van der Waals surface area contributed by atoms with Crippen LogP contribution in [0.1, 0.15) is 38.5 Å². The number of methoxy groups -OCH3 is 1. The monoisotopic (exact) mass is 347 g/mol. The molecule has 2 aromatic rings. The van der Waals surface area contributed by atoms with Crippen LogP contribution < -0.4 is 5.32 Å². The lowest BCUT2D eigenvalue weighted by atomic mass is 10.1. The highest BCUT2D eigenvalue weighted by molar-refractivity contribution is 7.11. The number of nitrogens with one attached hydrogen (secondary N) is 1. The van der Waals surface area contributed by atoms with Gasteiger partial charge in [-0.05, 0) is 55.7 Å². The lowest BCUT2D eigenvalue weighted by molar-refractivity contribution is -0.116. The maximum absolute atomic E-state index is 12.1. The van der Waals surface area contributed by atoms with Gasteiger partial charge in [0.2, 0.25) is 5.91 Å². The molecule has 1 heterocycles. The topological polar surface area (TPSA) is 75.6 Å². The van der Waals surface area contributed by atoms with Crippen LogP contribution in [0.3, 0.4) is 0 Å². The summed E-state index contributed by atoms with van der Waals surface area (Å²) in [5.41, 5.74) is 1.33. The zero-order chi connectivity index (χ0) is 17.5. The molecule has 1 aromatic heterocycles. The summed E-state index contributed by atoms with van der Waals surface area (Å²) in [5.74, 6) is -1.15. The van der Waals surface area contributed by atoms with E-state index in [4.69, 9.17) is 9.84 Å². The van der Waals surface area contributed by atoms with Crippen molar-refractivity contribution in [3.8, 4) is 0 Å². The number of amides is 1. The zero-order valence-corrected chi connectivity index (χ0v) is 14.6. The molecule has 5 nitrogen and oxygen atoms in total. The minimum absolute atomic E-state index is 0.116. The summed E-state index contributed by atoms with van der Waals surface area (Å²) >= 11 is 1.75. The number of hydrogen-bond donors (Lipinski definition) is 2. The molecule has 128 valence electrons. The van der Waals surface area contributed by atoms with Gasteiger partial charge in [0.05, 0.1) is 12.2 Å². The van der Waals surface area contributed by atoms with E-state index in [9.17, 15) is 9.59 Å². The van der Waals surface area contributed by atoms with E-state index in [1.54, 1.807) is 23.5 Å². The number of ether oxygens (including phenoxy) is 1. The van der Waals surface area contributed by atoms with Crippen molar-refractivity contribution in [3.05, 3.63) is 51.2 Å². The lowest BCUT2D eigenvalue weighted by Crippen LogP contribution is -2.12. The smallest absolute Gasteiger partial charge is 0.335 e. The average molecular weight is 347 g/mol. The van der Waals surface area contributed by atoms with Crippen molar-refractivity contribution in [1.82, 2.24) is 0 Å². The van der Waals surface area contributed by atoms with Gasteiger partial charge in [0, 0.05) is 29.0 Å². The maximum atomic E-state index is 12.1. The second-order valence-corrected chi connectivity index (χ2v) is 6.94. The number of aryl methyl sites for hydroxylation is 2. The quantitative estimate of drug-likeness (QED) is 0.760. The Morgan fingerprint density at radius 3 is 2.67 bits per heavy atom. The van der Waals surface area contributed by atoms with Crippen molar-refractivity contribution in [3.63, 3.8) is 0 Å². The number of aromatic carboxylic acids is 1. The molecule has 0 atom stereocenters. The molecule has 6 heteroatoms. The van der Waals surface area contributed by atoms with Crippen molar-refractivity contribution in [2.45, 2.75) is 32.8 Å². The number of carbonyl (C=O) groups excluding carboxylic acids is 1. The summed E-state index contributed by atoms with van der Waals surface area (Å²) in [6, 6.07) is 8.90. The van der Waals surface area contributed by atoms with Gasteiger partial charge in [-0.25, -0.2) is 4.79 Å². The lowest BCUT2D eigenvalue weighted by Gasteiger charge is -2.09. The molecule has 0 aliphatic rings. The largest absolute Gasteiger partial charge is 0.478 e. The number of rotatable bonds is 8. The Labute approximate surface area is 145 Å². The zero-order valence-electron chi connectivity index (χ0n) is 13.8. The SMILES string of the molecule is COCc1cc(NC(=O)CCCc2ccc(C)s2)cc(C(=O)O)c1. The third-order valence-corrected chi connectivity index (χ3v) is 4.52. The van der Waals surface area contributed by atoms with Crippen molar-refractivity contribution >= 4 is 28.9 Å². The summed E-state index contributed by atoms with van der Waals surface area (Å²) in [6.07, 6.45) is 2.03. The predicted molar refractivity (Wildman–Crippen MR) is 94.7 cm³/mol. The van der Waals surface area contributed by atoms with Gasteiger partial charge < -0.3 is 15.2 Å². The van der Waals surface area contributed by atoms with E-state index < -0.39 is 5.97 Å². The van der Waals surface area contributed by atoms with E-state index in [0.717, 1.165) is 12.8 Å². The minimum Gasteiger partial charge on any atom is -0.478 e. The molecule has 24 heavy (non-hydrogen) atoms. The van der Waals surface area contributed by atoms with E-state index >= 15 is 0 Å².